The first kappa shape index (κ1) is 16.7. The van der Waals surface area contributed by atoms with Gasteiger partial charge in [0.25, 0.3) is 0 Å². The number of ketones is 1. The predicted molar refractivity (Wildman–Crippen MR) is 106 cm³/mol. The number of hydrogen-bond acceptors (Lipinski definition) is 6. The number of aromatic nitrogens is 1. The van der Waals surface area contributed by atoms with Crippen molar-refractivity contribution >= 4 is 45.6 Å². The number of aliphatic hydroxyl groups excluding tert-OH is 1. The highest BCUT2D eigenvalue weighted by Crippen LogP contribution is 2.35. The van der Waals surface area contributed by atoms with Crippen molar-refractivity contribution in [3.05, 3.63) is 63.5 Å². The van der Waals surface area contributed by atoms with Crippen LogP contribution in [-0.2, 0) is 0 Å². The van der Waals surface area contributed by atoms with Crippen LogP contribution in [0.4, 0.5) is 5.69 Å². The number of nitrogens with one attached hydrogen (secondary N) is 1. The summed E-state index contributed by atoms with van der Waals surface area (Å²) in [5, 5.41) is 23.5. The normalized spacial score (nSPS) is 14.3. The lowest BCUT2D eigenvalue weighted by Crippen LogP contribution is -2.26. The standard InChI is InChI=1S/C19H15N3O2S2/c1-11(23)12-4-2-5-13(8-12)22-9-15(24)17(18(22)20)19-21-14(10-26-19)16-6-3-7-25-16/h2-8,10,20,24H,9H2,1H3. The third kappa shape index (κ3) is 2.85. The highest BCUT2D eigenvalue weighted by atomic mass is 32.1. The van der Waals surface area contributed by atoms with Crippen LogP contribution in [0.15, 0.2) is 52.9 Å². The maximum atomic E-state index is 11.6. The first-order valence-corrected chi connectivity index (χ1v) is 9.70. The topological polar surface area (TPSA) is 77.3 Å². The highest BCUT2D eigenvalue weighted by Gasteiger charge is 2.31. The van der Waals surface area contributed by atoms with Gasteiger partial charge in [-0.2, -0.15) is 0 Å². The third-order valence-corrected chi connectivity index (χ3v) is 5.91. The molecule has 0 fully saturated rings. The Morgan fingerprint density at radius 3 is 2.85 bits per heavy atom. The number of benzene rings is 1. The van der Waals surface area contributed by atoms with E-state index in [0.29, 0.717) is 21.8 Å². The van der Waals surface area contributed by atoms with Crippen LogP contribution < -0.4 is 4.90 Å². The molecule has 2 aromatic heterocycles. The zero-order valence-electron chi connectivity index (χ0n) is 13.9. The number of carbonyl (C=O) groups excluding carboxylic acids is 1. The summed E-state index contributed by atoms with van der Waals surface area (Å²) >= 11 is 3.02. The Bertz CT molecular complexity index is 1030. The van der Waals surface area contributed by atoms with Gasteiger partial charge in [0.2, 0.25) is 0 Å². The van der Waals surface area contributed by atoms with Gasteiger partial charge in [-0.05, 0) is 30.5 Å². The van der Waals surface area contributed by atoms with Crippen molar-refractivity contribution in [3.8, 4) is 10.6 Å². The Kier molecular flexibility index (Phi) is 4.18. The molecule has 4 rings (SSSR count). The van der Waals surface area contributed by atoms with Crippen LogP contribution in [0, 0.1) is 5.41 Å². The van der Waals surface area contributed by atoms with Gasteiger partial charge in [-0.3, -0.25) is 10.2 Å². The molecule has 1 aromatic carbocycles. The molecule has 26 heavy (non-hydrogen) atoms. The average Bonchev–Trinajstić information content (AvgIpc) is 3.35. The van der Waals surface area contributed by atoms with Crippen molar-refractivity contribution in [1.82, 2.24) is 4.98 Å². The summed E-state index contributed by atoms with van der Waals surface area (Å²) in [6.45, 7) is 1.71. The molecule has 3 heterocycles. The number of amidine groups is 1. The summed E-state index contributed by atoms with van der Waals surface area (Å²) in [5.74, 6) is 0.279. The fraction of sp³-hybridized carbons (Fsp3) is 0.105. The Morgan fingerprint density at radius 2 is 2.12 bits per heavy atom. The molecule has 0 spiro atoms. The molecule has 0 unspecified atom stereocenters. The maximum Gasteiger partial charge on any atom is 0.159 e. The van der Waals surface area contributed by atoms with E-state index in [-0.39, 0.29) is 23.9 Å². The second-order valence-corrected chi connectivity index (χ2v) is 7.68. The molecule has 0 atom stereocenters. The third-order valence-electron chi connectivity index (χ3n) is 4.16. The predicted octanol–water partition coefficient (Wildman–Crippen LogP) is 4.84. The van der Waals surface area contributed by atoms with E-state index in [9.17, 15) is 9.90 Å². The van der Waals surface area contributed by atoms with Crippen molar-refractivity contribution in [1.29, 1.82) is 5.41 Å². The minimum Gasteiger partial charge on any atom is -0.510 e. The molecule has 3 aromatic rings. The molecule has 7 heteroatoms. The van der Waals surface area contributed by atoms with E-state index in [0.717, 1.165) is 10.6 Å². The fourth-order valence-electron chi connectivity index (χ4n) is 2.84. The highest BCUT2D eigenvalue weighted by molar-refractivity contribution is 7.14. The first-order valence-electron chi connectivity index (χ1n) is 7.94. The van der Waals surface area contributed by atoms with E-state index >= 15 is 0 Å². The van der Waals surface area contributed by atoms with Crippen molar-refractivity contribution in [2.45, 2.75) is 6.92 Å². The van der Waals surface area contributed by atoms with Gasteiger partial charge in [0.15, 0.2) is 5.78 Å². The lowest BCUT2D eigenvalue weighted by Gasteiger charge is -2.19. The molecule has 2 N–H and O–H groups in total. The van der Waals surface area contributed by atoms with Crippen LogP contribution in [0.25, 0.3) is 16.1 Å². The monoisotopic (exact) mass is 381 g/mol. The van der Waals surface area contributed by atoms with Crippen LogP contribution in [0.3, 0.4) is 0 Å². The molecule has 0 amide bonds. The van der Waals surface area contributed by atoms with Gasteiger partial charge < -0.3 is 10.0 Å². The number of hydrogen-bond donors (Lipinski definition) is 2. The Hall–Kier alpha value is -2.77. The second kappa shape index (κ2) is 6.51. The molecule has 1 aliphatic rings. The smallest absolute Gasteiger partial charge is 0.159 e. The summed E-state index contributed by atoms with van der Waals surface area (Å²) in [7, 11) is 0. The minimum absolute atomic E-state index is 0.0319. The van der Waals surface area contributed by atoms with Gasteiger partial charge >= 0.3 is 0 Å². The van der Waals surface area contributed by atoms with Gasteiger partial charge in [-0.1, -0.05) is 18.2 Å². The van der Waals surface area contributed by atoms with E-state index in [1.54, 1.807) is 34.4 Å². The number of thiophene rings is 1. The van der Waals surface area contributed by atoms with E-state index in [1.165, 1.54) is 18.3 Å². The number of anilines is 1. The van der Waals surface area contributed by atoms with Gasteiger partial charge in [0.1, 0.15) is 16.6 Å². The number of nitrogens with zero attached hydrogens (tertiary/aromatic N) is 2. The van der Waals surface area contributed by atoms with Gasteiger partial charge in [0.05, 0.1) is 22.7 Å². The zero-order chi connectivity index (χ0) is 18.3. The van der Waals surface area contributed by atoms with Crippen LogP contribution in [0.1, 0.15) is 22.3 Å². The van der Waals surface area contributed by atoms with E-state index in [1.807, 2.05) is 29.0 Å². The van der Waals surface area contributed by atoms with Crippen LogP contribution >= 0.6 is 22.7 Å². The van der Waals surface area contributed by atoms with Crippen molar-refractivity contribution < 1.29 is 9.90 Å². The molecule has 0 bridgehead atoms. The Balaban J connectivity index is 1.65. The Morgan fingerprint density at radius 1 is 1.27 bits per heavy atom. The van der Waals surface area contributed by atoms with Crippen molar-refractivity contribution in [2.24, 2.45) is 0 Å². The minimum atomic E-state index is -0.0319. The quantitative estimate of drug-likeness (QED) is 0.634. The van der Waals surface area contributed by atoms with Crippen LogP contribution in [-0.4, -0.2) is 28.3 Å². The number of aliphatic hydroxyl groups is 1. The Labute approximate surface area is 158 Å². The van der Waals surface area contributed by atoms with Crippen LogP contribution in [0.2, 0.25) is 0 Å². The van der Waals surface area contributed by atoms with Crippen molar-refractivity contribution in [3.63, 3.8) is 0 Å². The number of Topliss-reactive ketones (excluding diaryl/α,β-unsaturated/α-hetero) is 1. The molecule has 0 saturated carbocycles. The molecule has 0 radical (unpaired) electrons. The molecule has 0 aliphatic carbocycles. The van der Waals surface area contributed by atoms with E-state index in [4.69, 9.17) is 5.41 Å². The van der Waals surface area contributed by atoms with E-state index < -0.39 is 0 Å². The molecular formula is C19H15N3O2S2. The molecule has 5 nitrogen and oxygen atoms in total. The van der Waals surface area contributed by atoms with Crippen LogP contribution in [0.5, 0.6) is 0 Å². The zero-order valence-corrected chi connectivity index (χ0v) is 15.5. The van der Waals surface area contributed by atoms with E-state index in [2.05, 4.69) is 4.98 Å². The number of rotatable bonds is 4. The molecule has 1 aliphatic heterocycles. The summed E-state index contributed by atoms with van der Waals surface area (Å²) < 4.78 is 0. The lowest BCUT2D eigenvalue weighted by atomic mass is 10.1. The second-order valence-electron chi connectivity index (χ2n) is 5.88. The maximum absolute atomic E-state index is 11.6. The largest absolute Gasteiger partial charge is 0.510 e. The summed E-state index contributed by atoms with van der Waals surface area (Å²) in [6.07, 6.45) is 0. The van der Waals surface area contributed by atoms with Crippen molar-refractivity contribution in [2.75, 3.05) is 11.4 Å². The summed E-state index contributed by atoms with van der Waals surface area (Å²) in [5.41, 5.74) is 2.59. The number of thiazole rings is 1. The van der Waals surface area contributed by atoms with Gasteiger partial charge in [-0.25, -0.2) is 4.98 Å². The lowest BCUT2D eigenvalue weighted by molar-refractivity contribution is 0.101. The van der Waals surface area contributed by atoms with Gasteiger partial charge in [-0.15, -0.1) is 22.7 Å². The summed E-state index contributed by atoms with van der Waals surface area (Å²) in [4.78, 5) is 19.0. The molecule has 0 saturated heterocycles. The fourth-order valence-corrected chi connectivity index (χ4v) is 4.49. The molecule has 130 valence electrons. The number of carbonyl (C=O) groups is 1. The average molecular weight is 381 g/mol. The SMILES string of the molecule is CC(=O)c1cccc(N2CC(O)=C(c3nc(-c4cccs4)cs3)C2=N)c1. The summed E-state index contributed by atoms with van der Waals surface area (Å²) in [6, 6.07) is 11.1. The van der Waals surface area contributed by atoms with Gasteiger partial charge in [0, 0.05) is 16.6 Å². The molecular weight excluding hydrogens is 366 g/mol. The first-order chi connectivity index (χ1) is 12.5.